The fraction of sp³-hybridized carbons (Fsp3) is 0.750. The summed E-state index contributed by atoms with van der Waals surface area (Å²) in [7, 11) is 1.70. The van der Waals surface area contributed by atoms with Crippen LogP contribution in [0.5, 0.6) is 0 Å². The van der Waals surface area contributed by atoms with Gasteiger partial charge in [-0.05, 0) is 19.3 Å². The molecule has 1 aliphatic heterocycles. The molecule has 2 N–H and O–H groups in total. The van der Waals surface area contributed by atoms with Crippen LogP contribution in [0, 0.1) is 0 Å². The second-order valence-electron chi connectivity index (χ2n) is 5.21. The Morgan fingerprint density at radius 2 is 2.11 bits per heavy atom. The minimum Gasteiger partial charge on any atom is -0.480 e. The van der Waals surface area contributed by atoms with Crippen LogP contribution in [0.1, 0.15) is 25.7 Å². The van der Waals surface area contributed by atoms with Gasteiger partial charge in [0.25, 0.3) is 0 Å². The molecule has 0 bridgehead atoms. The molecule has 1 aliphatic carbocycles. The average Bonchev–Trinajstić information content (AvgIpc) is 3.14. The lowest BCUT2D eigenvalue weighted by atomic mass is 10.1. The summed E-state index contributed by atoms with van der Waals surface area (Å²) >= 11 is 0. The Bertz CT molecular complexity index is 394. The zero-order chi connectivity index (χ0) is 14.0. The van der Waals surface area contributed by atoms with E-state index >= 15 is 0 Å². The standard InChI is InChI=1S/C12H19N3O4/c1-14-6-8(2-5-10(14)16)13-12(19)15(7-11(17)18)9-3-4-9/h8-9H,2-7H2,1H3,(H,13,19)(H,17,18). The van der Waals surface area contributed by atoms with Gasteiger partial charge in [-0.1, -0.05) is 0 Å². The van der Waals surface area contributed by atoms with Gasteiger partial charge >= 0.3 is 12.0 Å². The Morgan fingerprint density at radius 1 is 1.42 bits per heavy atom. The van der Waals surface area contributed by atoms with Gasteiger partial charge in [0.05, 0.1) is 0 Å². The molecule has 2 rings (SSSR count). The Labute approximate surface area is 111 Å². The van der Waals surface area contributed by atoms with Gasteiger partial charge in [0, 0.05) is 32.1 Å². The first-order valence-corrected chi connectivity index (χ1v) is 6.50. The summed E-state index contributed by atoms with van der Waals surface area (Å²) in [5, 5.41) is 11.6. The summed E-state index contributed by atoms with van der Waals surface area (Å²) in [5.41, 5.74) is 0. The first-order valence-electron chi connectivity index (χ1n) is 6.50. The molecule has 0 aromatic carbocycles. The van der Waals surface area contributed by atoms with Crippen LogP contribution in [0.3, 0.4) is 0 Å². The quantitative estimate of drug-likeness (QED) is 0.743. The summed E-state index contributed by atoms with van der Waals surface area (Å²) in [6.45, 7) is 0.216. The molecule has 7 nitrogen and oxygen atoms in total. The highest BCUT2D eigenvalue weighted by Crippen LogP contribution is 2.26. The Hall–Kier alpha value is -1.79. The van der Waals surface area contributed by atoms with Crippen LogP contribution in [0.2, 0.25) is 0 Å². The number of carboxylic acid groups (broad SMARTS) is 1. The van der Waals surface area contributed by atoms with Gasteiger partial charge < -0.3 is 20.2 Å². The van der Waals surface area contributed by atoms with Gasteiger partial charge in [0.2, 0.25) is 5.91 Å². The molecular weight excluding hydrogens is 250 g/mol. The number of carbonyl (C=O) groups excluding carboxylic acids is 2. The van der Waals surface area contributed by atoms with Crippen molar-refractivity contribution in [3.8, 4) is 0 Å². The molecule has 2 fully saturated rings. The number of hydrogen-bond acceptors (Lipinski definition) is 3. The highest BCUT2D eigenvalue weighted by Gasteiger charge is 2.35. The largest absolute Gasteiger partial charge is 0.480 e. The minimum atomic E-state index is -1.00. The molecule has 0 aromatic heterocycles. The van der Waals surface area contributed by atoms with E-state index < -0.39 is 5.97 Å². The number of carbonyl (C=O) groups is 3. The van der Waals surface area contributed by atoms with Crippen molar-refractivity contribution in [2.24, 2.45) is 0 Å². The number of amides is 3. The zero-order valence-electron chi connectivity index (χ0n) is 11.0. The van der Waals surface area contributed by atoms with Crippen LogP contribution < -0.4 is 5.32 Å². The maximum atomic E-state index is 12.1. The molecule has 1 unspecified atom stereocenters. The molecule has 1 saturated heterocycles. The highest BCUT2D eigenvalue weighted by atomic mass is 16.4. The predicted molar refractivity (Wildman–Crippen MR) is 66.6 cm³/mol. The van der Waals surface area contributed by atoms with Crippen molar-refractivity contribution in [1.82, 2.24) is 15.1 Å². The van der Waals surface area contributed by atoms with E-state index in [1.807, 2.05) is 0 Å². The summed E-state index contributed by atoms with van der Waals surface area (Å²) in [6, 6.07) is -0.373. The summed E-state index contributed by atoms with van der Waals surface area (Å²) in [6.07, 6.45) is 2.76. The number of piperidine rings is 1. The van der Waals surface area contributed by atoms with Crippen LogP contribution in [0.25, 0.3) is 0 Å². The maximum Gasteiger partial charge on any atom is 0.323 e. The number of hydrogen-bond donors (Lipinski definition) is 2. The van der Waals surface area contributed by atoms with Gasteiger partial charge in [-0.3, -0.25) is 9.59 Å². The van der Waals surface area contributed by atoms with Crippen LogP contribution in [-0.4, -0.2) is 65.0 Å². The van der Waals surface area contributed by atoms with Crippen LogP contribution >= 0.6 is 0 Å². The normalized spacial score (nSPS) is 23.1. The monoisotopic (exact) mass is 269 g/mol. The number of nitrogens with zero attached hydrogens (tertiary/aromatic N) is 2. The first kappa shape index (κ1) is 13.6. The third-order valence-electron chi connectivity index (χ3n) is 3.51. The molecule has 1 saturated carbocycles. The smallest absolute Gasteiger partial charge is 0.323 e. The second-order valence-corrected chi connectivity index (χ2v) is 5.21. The fourth-order valence-electron chi connectivity index (χ4n) is 2.29. The molecule has 3 amide bonds. The molecule has 0 aromatic rings. The van der Waals surface area contributed by atoms with Gasteiger partial charge in [-0.15, -0.1) is 0 Å². The van der Waals surface area contributed by atoms with E-state index in [1.165, 1.54) is 4.90 Å². The molecule has 7 heteroatoms. The summed E-state index contributed by atoms with van der Waals surface area (Å²) in [4.78, 5) is 37.1. The molecule has 1 atom stereocenters. The van der Waals surface area contributed by atoms with Crippen molar-refractivity contribution in [1.29, 1.82) is 0 Å². The number of carboxylic acids is 1. The number of rotatable bonds is 4. The Morgan fingerprint density at radius 3 is 2.63 bits per heavy atom. The molecule has 0 radical (unpaired) electrons. The van der Waals surface area contributed by atoms with Crippen LogP contribution in [0.4, 0.5) is 4.79 Å². The predicted octanol–water partition coefficient (Wildman–Crippen LogP) is -0.134. The fourth-order valence-corrected chi connectivity index (χ4v) is 2.29. The molecule has 1 heterocycles. The first-order chi connectivity index (χ1) is 8.97. The number of likely N-dealkylation sites (N-methyl/N-ethyl adjacent to an activating group) is 1. The van der Waals surface area contributed by atoms with Crippen molar-refractivity contribution in [3.63, 3.8) is 0 Å². The second kappa shape index (κ2) is 5.46. The average molecular weight is 269 g/mol. The molecule has 106 valence electrons. The topological polar surface area (TPSA) is 90.0 Å². The van der Waals surface area contributed by atoms with Gasteiger partial charge in [-0.25, -0.2) is 4.79 Å². The molecule has 19 heavy (non-hydrogen) atoms. The number of aliphatic carboxylic acids is 1. The van der Waals surface area contributed by atoms with Crippen molar-refractivity contribution in [2.45, 2.75) is 37.8 Å². The minimum absolute atomic E-state index is 0.0547. The van der Waals surface area contributed by atoms with Crippen LogP contribution in [-0.2, 0) is 9.59 Å². The van der Waals surface area contributed by atoms with E-state index in [0.29, 0.717) is 19.4 Å². The van der Waals surface area contributed by atoms with Gasteiger partial charge in [0.1, 0.15) is 6.54 Å². The lowest BCUT2D eigenvalue weighted by molar-refractivity contribution is -0.137. The maximum absolute atomic E-state index is 12.1. The highest BCUT2D eigenvalue weighted by molar-refractivity contribution is 5.81. The van der Waals surface area contributed by atoms with E-state index in [1.54, 1.807) is 11.9 Å². The Kier molecular flexibility index (Phi) is 3.92. The SMILES string of the molecule is CN1CC(NC(=O)N(CC(=O)O)C2CC2)CCC1=O. The summed E-state index contributed by atoms with van der Waals surface area (Å²) < 4.78 is 0. The van der Waals surface area contributed by atoms with E-state index in [2.05, 4.69) is 5.32 Å². The molecule has 2 aliphatic rings. The molecular formula is C12H19N3O4. The van der Waals surface area contributed by atoms with Crippen molar-refractivity contribution in [2.75, 3.05) is 20.1 Å². The third kappa shape index (κ3) is 3.59. The zero-order valence-corrected chi connectivity index (χ0v) is 11.0. The Balaban J connectivity index is 1.88. The van der Waals surface area contributed by atoms with Gasteiger partial charge in [0.15, 0.2) is 0 Å². The van der Waals surface area contributed by atoms with E-state index in [9.17, 15) is 14.4 Å². The van der Waals surface area contributed by atoms with E-state index in [-0.39, 0.29) is 30.6 Å². The van der Waals surface area contributed by atoms with Gasteiger partial charge in [-0.2, -0.15) is 0 Å². The van der Waals surface area contributed by atoms with Crippen molar-refractivity contribution in [3.05, 3.63) is 0 Å². The number of nitrogens with one attached hydrogen (secondary N) is 1. The van der Waals surface area contributed by atoms with Crippen LogP contribution in [0.15, 0.2) is 0 Å². The van der Waals surface area contributed by atoms with E-state index in [0.717, 1.165) is 12.8 Å². The lowest BCUT2D eigenvalue weighted by Crippen LogP contribution is -2.53. The third-order valence-corrected chi connectivity index (χ3v) is 3.51. The van der Waals surface area contributed by atoms with Crippen molar-refractivity contribution < 1.29 is 19.5 Å². The number of urea groups is 1. The summed E-state index contributed by atoms with van der Waals surface area (Å²) in [5.74, 6) is -0.923. The number of likely N-dealkylation sites (tertiary alicyclic amines) is 1. The lowest BCUT2D eigenvalue weighted by Gasteiger charge is -2.32. The van der Waals surface area contributed by atoms with E-state index in [4.69, 9.17) is 5.11 Å². The van der Waals surface area contributed by atoms with Crippen molar-refractivity contribution >= 4 is 17.9 Å². The molecule has 0 spiro atoms.